The van der Waals surface area contributed by atoms with Crippen molar-refractivity contribution in [3.63, 3.8) is 0 Å². The van der Waals surface area contributed by atoms with Crippen molar-refractivity contribution in [1.29, 1.82) is 0 Å². The first kappa shape index (κ1) is 46.3. The van der Waals surface area contributed by atoms with E-state index in [-0.39, 0.29) is 12.1 Å². The lowest BCUT2D eigenvalue weighted by Gasteiger charge is -2.36. The summed E-state index contributed by atoms with van der Waals surface area (Å²) in [7, 11) is 0. The lowest BCUT2D eigenvalue weighted by Crippen LogP contribution is -2.43. The Morgan fingerprint density at radius 2 is 1.04 bits per heavy atom. The lowest BCUT2D eigenvalue weighted by atomic mass is 9.80. The van der Waals surface area contributed by atoms with E-state index in [2.05, 4.69) is 25.3 Å². The molecule has 2 aliphatic rings. The first-order valence-electron chi connectivity index (χ1n) is 21.9. The van der Waals surface area contributed by atoms with E-state index in [0.717, 1.165) is 93.5 Å². The number of anilines is 2. The predicted octanol–water partition coefficient (Wildman–Crippen LogP) is 6.79. The number of carbonyl (C=O) groups is 2. The van der Waals surface area contributed by atoms with Crippen LogP contribution >= 0.6 is 0 Å². The van der Waals surface area contributed by atoms with Crippen LogP contribution in [0.5, 0.6) is 23.0 Å². The third-order valence-corrected chi connectivity index (χ3v) is 11.6. The van der Waals surface area contributed by atoms with E-state index >= 15 is 0 Å². The van der Waals surface area contributed by atoms with Crippen LogP contribution < -0.4 is 32.0 Å². The maximum absolute atomic E-state index is 10.7. The number of nitrogens with one attached hydrogen (secondary N) is 1. The molecule has 0 radical (unpaired) electrons. The molecule has 19 nitrogen and oxygen atoms in total. The summed E-state index contributed by atoms with van der Waals surface area (Å²) in [6.45, 7) is 2.25. The van der Waals surface area contributed by atoms with Gasteiger partial charge in [-0.05, 0) is 111 Å². The largest absolute Gasteiger partial charge is 0.478 e. The van der Waals surface area contributed by atoms with Gasteiger partial charge in [-0.1, -0.05) is 36.4 Å². The fourth-order valence-corrected chi connectivity index (χ4v) is 8.01. The molecule has 0 spiro atoms. The highest BCUT2D eigenvalue weighted by Crippen LogP contribution is 2.40. The number of nitrogen functional groups attached to an aromatic ring is 2. The third kappa shape index (κ3) is 10.9. The Hall–Kier alpha value is -8.26. The van der Waals surface area contributed by atoms with Gasteiger partial charge in [0, 0.05) is 36.4 Å². The summed E-state index contributed by atoms with van der Waals surface area (Å²) in [5.74, 6) is 1.42. The van der Waals surface area contributed by atoms with E-state index in [1.54, 1.807) is 0 Å². The zero-order valence-electron chi connectivity index (χ0n) is 36.8. The molecule has 1 aliphatic carbocycles. The maximum Gasteiger partial charge on any atom is 0.328 e. The summed E-state index contributed by atoms with van der Waals surface area (Å²) in [5.41, 5.74) is 22.3. The minimum absolute atomic E-state index is 0.134. The molecular weight excluding hydrogens is 869 g/mol. The monoisotopic (exact) mass is 918 g/mol. The van der Waals surface area contributed by atoms with Gasteiger partial charge >= 0.3 is 11.9 Å². The van der Waals surface area contributed by atoms with Crippen LogP contribution in [0.3, 0.4) is 0 Å². The Morgan fingerprint density at radius 1 is 0.632 bits per heavy atom. The van der Waals surface area contributed by atoms with Gasteiger partial charge in [0.1, 0.15) is 58.7 Å². The molecule has 8 aromatic rings. The number of aromatic nitrogens is 8. The van der Waals surface area contributed by atoms with Gasteiger partial charge in [0.05, 0.1) is 28.5 Å². The van der Waals surface area contributed by atoms with E-state index in [0.29, 0.717) is 49.6 Å². The number of aliphatic hydroxyl groups is 1. The van der Waals surface area contributed by atoms with Crippen LogP contribution in [0, 0.1) is 0 Å². The molecule has 2 fully saturated rings. The molecule has 0 amide bonds. The number of hydrogen-bond acceptors (Lipinski definition) is 15. The van der Waals surface area contributed by atoms with Gasteiger partial charge in [0.25, 0.3) is 0 Å². The second-order valence-corrected chi connectivity index (χ2v) is 16.2. The van der Waals surface area contributed by atoms with Crippen molar-refractivity contribution in [2.24, 2.45) is 5.73 Å². The third-order valence-electron chi connectivity index (χ3n) is 11.6. The van der Waals surface area contributed by atoms with Crippen LogP contribution in [-0.2, 0) is 9.59 Å². The van der Waals surface area contributed by atoms with Crippen LogP contribution in [0.2, 0.25) is 0 Å². The van der Waals surface area contributed by atoms with Gasteiger partial charge < -0.3 is 47.3 Å². The zero-order valence-corrected chi connectivity index (χ0v) is 36.8. The van der Waals surface area contributed by atoms with Crippen LogP contribution in [0.4, 0.5) is 11.6 Å². The number of hydrogen-bond donors (Lipinski definition) is 7. The van der Waals surface area contributed by atoms with Crippen molar-refractivity contribution in [1.82, 2.24) is 44.8 Å². The Morgan fingerprint density at radius 3 is 1.43 bits per heavy atom. The number of fused-ring (bicyclic) bond motifs is 2. The highest BCUT2D eigenvalue weighted by atomic mass is 16.5. The second-order valence-electron chi connectivity index (χ2n) is 16.2. The highest BCUT2D eigenvalue weighted by molar-refractivity contribution is 5.99. The maximum atomic E-state index is 10.7. The number of ether oxygens (including phenoxy) is 2. The fourth-order valence-electron chi connectivity index (χ4n) is 8.01. The predicted molar refractivity (Wildman–Crippen MR) is 256 cm³/mol. The van der Waals surface area contributed by atoms with Gasteiger partial charge in [-0.2, -0.15) is 10.2 Å². The van der Waals surface area contributed by atoms with E-state index in [1.165, 1.54) is 12.7 Å². The summed E-state index contributed by atoms with van der Waals surface area (Å²) < 4.78 is 15.7. The number of nitrogens with zero attached hydrogens (tertiary/aromatic N) is 8. The molecule has 348 valence electrons. The minimum Gasteiger partial charge on any atom is -0.478 e. The van der Waals surface area contributed by atoms with E-state index < -0.39 is 17.5 Å². The molecule has 1 aliphatic heterocycles. The fraction of sp³-hybridized carbons (Fsp3) is 0.224. The van der Waals surface area contributed by atoms with Crippen molar-refractivity contribution < 1.29 is 34.4 Å². The Bertz CT molecular complexity index is 2990. The topological polar surface area (TPSA) is 291 Å². The summed E-state index contributed by atoms with van der Waals surface area (Å²) in [4.78, 5) is 36.4. The minimum atomic E-state index is -1.26. The van der Waals surface area contributed by atoms with E-state index in [4.69, 9.17) is 47.1 Å². The standard InChI is InChI=1S/C25H28N6O2.C20H18N6O.C4H4O4/c26-15-14-25(32)12-10-18(11-13-25)31-24-21(23(27)28-16-29-24)22(30-31)17-6-8-20(9-7-17)33-19-4-2-1-3-5-19;21-19-17-18(25-26(14-10-22-11-14)20(17)24-12-23-19)13-6-8-16(9-7-13)27-15-4-2-1-3-5-15;5-3(6)1-2-4(7)8/h1-9,16,18,32H,10-15,26H2,(H2,27,28,29);1-9,12,14,22H,10-11H2,(H2,21,23,24);1-2H,(H,5,6)(H,7,8). The van der Waals surface area contributed by atoms with Crippen molar-refractivity contribution >= 4 is 45.6 Å². The van der Waals surface area contributed by atoms with Gasteiger partial charge in [-0.25, -0.2) is 38.9 Å². The summed E-state index contributed by atoms with van der Waals surface area (Å²) in [5, 5.41) is 40.9. The van der Waals surface area contributed by atoms with Gasteiger partial charge in [0.2, 0.25) is 0 Å². The first-order chi connectivity index (χ1) is 33.0. The van der Waals surface area contributed by atoms with Crippen molar-refractivity contribution in [2.75, 3.05) is 31.1 Å². The average Bonchev–Trinajstić information content (AvgIpc) is 3.91. The first-order valence-corrected chi connectivity index (χ1v) is 21.9. The van der Waals surface area contributed by atoms with Crippen molar-refractivity contribution in [2.45, 2.75) is 49.8 Å². The van der Waals surface area contributed by atoms with Crippen molar-refractivity contribution in [3.05, 3.63) is 134 Å². The average molecular weight is 919 g/mol. The molecule has 0 unspecified atom stereocenters. The molecule has 4 aromatic heterocycles. The van der Waals surface area contributed by atoms with Gasteiger partial charge in [-0.3, -0.25) is 0 Å². The molecular formula is C49H50N12O7. The van der Waals surface area contributed by atoms with Crippen LogP contribution in [0.15, 0.2) is 134 Å². The molecule has 1 saturated carbocycles. The SMILES string of the molecule is NCCC1(O)CCC(n2nc(-c3ccc(Oc4ccccc4)cc3)c3c(N)ncnc32)CC1.Nc1ncnc2c1c(-c1ccc(Oc3ccccc3)cc1)nn2C1CNC1.O=C(O)C=CC(=O)O. The molecule has 0 bridgehead atoms. The lowest BCUT2D eigenvalue weighted by molar-refractivity contribution is -0.134. The van der Waals surface area contributed by atoms with E-state index in [9.17, 15) is 14.7 Å². The summed E-state index contributed by atoms with van der Waals surface area (Å²) >= 11 is 0. The highest BCUT2D eigenvalue weighted by Gasteiger charge is 2.35. The molecule has 4 aromatic carbocycles. The van der Waals surface area contributed by atoms with Gasteiger partial charge in [-0.15, -0.1) is 0 Å². The summed E-state index contributed by atoms with van der Waals surface area (Å²) in [6.07, 6.45) is 7.70. The molecule has 1 saturated heterocycles. The molecule has 0 atom stereocenters. The molecule has 10 rings (SSSR count). The summed E-state index contributed by atoms with van der Waals surface area (Å²) in [6, 6.07) is 35.4. The van der Waals surface area contributed by atoms with E-state index in [1.807, 2.05) is 119 Å². The van der Waals surface area contributed by atoms with Crippen molar-refractivity contribution in [3.8, 4) is 45.5 Å². The number of nitrogens with two attached hydrogens (primary N) is 3. The second kappa shape index (κ2) is 20.9. The van der Waals surface area contributed by atoms with Gasteiger partial charge in [0.15, 0.2) is 11.3 Å². The number of aliphatic carboxylic acids is 2. The van der Waals surface area contributed by atoms with Crippen LogP contribution in [0.25, 0.3) is 44.6 Å². The number of carboxylic acid groups (broad SMARTS) is 2. The van der Waals surface area contributed by atoms with Crippen LogP contribution in [-0.4, -0.2) is 92.0 Å². The number of rotatable bonds is 12. The quantitative estimate of drug-likeness (QED) is 0.0621. The molecule has 68 heavy (non-hydrogen) atoms. The zero-order chi connectivity index (χ0) is 47.6. The molecule has 5 heterocycles. The number of carboxylic acids is 2. The Balaban J connectivity index is 0.000000161. The Kier molecular flexibility index (Phi) is 14.2. The molecule has 19 heteroatoms. The number of benzene rings is 4. The van der Waals surface area contributed by atoms with Crippen LogP contribution in [0.1, 0.15) is 44.2 Å². The molecule has 10 N–H and O–H groups in total. The number of para-hydroxylation sites is 2. The smallest absolute Gasteiger partial charge is 0.328 e. The Labute approximate surface area is 389 Å². The normalized spacial score (nSPS) is 16.8.